The molecule has 0 fully saturated rings. The number of allylic oxidation sites excluding steroid dienone is 2. The summed E-state index contributed by atoms with van der Waals surface area (Å²) in [6.07, 6.45) is 3.48. The van der Waals surface area contributed by atoms with Gasteiger partial charge in [0.15, 0.2) is 5.78 Å². The minimum absolute atomic E-state index is 0.0347. The second kappa shape index (κ2) is 2.37. The van der Waals surface area contributed by atoms with Gasteiger partial charge in [0, 0.05) is 5.92 Å². The van der Waals surface area contributed by atoms with Gasteiger partial charge in [-0.25, -0.2) is 0 Å². The lowest BCUT2D eigenvalue weighted by atomic mass is 10.00. The monoisotopic (exact) mass is 138 g/mol. The van der Waals surface area contributed by atoms with Crippen LogP contribution in [0, 0.1) is 11.8 Å². The van der Waals surface area contributed by atoms with Gasteiger partial charge >= 0.3 is 0 Å². The molecule has 1 rings (SSSR count). The van der Waals surface area contributed by atoms with Crippen molar-refractivity contribution < 1.29 is 9.59 Å². The zero-order chi connectivity index (χ0) is 7.72. The fourth-order valence-corrected chi connectivity index (χ4v) is 1.09. The van der Waals surface area contributed by atoms with E-state index in [4.69, 9.17) is 0 Å². The fourth-order valence-electron chi connectivity index (χ4n) is 1.09. The van der Waals surface area contributed by atoms with Crippen LogP contribution in [0.4, 0.5) is 0 Å². The van der Waals surface area contributed by atoms with Crippen molar-refractivity contribution >= 4 is 11.6 Å². The van der Waals surface area contributed by atoms with Gasteiger partial charge in [-0.1, -0.05) is 19.1 Å². The highest BCUT2D eigenvalue weighted by Crippen LogP contribution is 2.19. The Kier molecular flexibility index (Phi) is 1.70. The average Bonchev–Trinajstić information content (AvgIpc) is 2.14. The van der Waals surface area contributed by atoms with Crippen LogP contribution in [0.15, 0.2) is 12.2 Å². The summed E-state index contributed by atoms with van der Waals surface area (Å²) in [6.45, 7) is 3.26. The van der Waals surface area contributed by atoms with E-state index in [0.717, 1.165) is 0 Å². The molecule has 0 amide bonds. The third kappa shape index (κ3) is 1.01. The van der Waals surface area contributed by atoms with Crippen LogP contribution in [0.25, 0.3) is 0 Å². The number of hydrogen-bond acceptors (Lipinski definition) is 2. The molecule has 0 saturated heterocycles. The zero-order valence-corrected chi connectivity index (χ0v) is 6.13. The van der Waals surface area contributed by atoms with Crippen molar-refractivity contribution in [3.8, 4) is 0 Å². The van der Waals surface area contributed by atoms with E-state index in [0.29, 0.717) is 0 Å². The van der Waals surface area contributed by atoms with E-state index in [1.165, 1.54) is 6.92 Å². The lowest BCUT2D eigenvalue weighted by Crippen LogP contribution is -2.19. The zero-order valence-electron chi connectivity index (χ0n) is 6.13. The molecule has 2 nitrogen and oxygen atoms in total. The smallest absolute Gasteiger partial charge is 0.153 e. The highest BCUT2D eigenvalue weighted by Gasteiger charge is 2.28. The Labute approximate surface area is 59.9 Å². The van der Waals surface area contributed by atoms with Crippen molar-refractivity contribution in [1.29, 1.82) is 0 Å². The summed E-state index contributed by atoms with van der Waals surface area (Å²) in [5.74, 6) is -0.526. The molecule has 1 aliphatic carbocycles. The highest BCUT2D eigenvalue weighted by molar-refractivity contribution is 6.06. The van der Waals surface area contributed by atoms with Crippen molar-refractivity contribution in [3.63, 3.8) is 0 Å². The van der Waals surface area contributed by atoms with Gasteiger partial charge in [0.1, 0.15) is 5.78 Å². The van der Waals surface area contributed by atoms with E-state index in [1.54, 1.807) is 12.2 Å². The summed E-state index contributed by atoms with van der Waals surface area (Å²) < 4.78 is 0. The summed E-state index contributed by atoms with van der Waals surface area (Å²) in [5.41, 5.74) is 0. The molecule has 0 radical (unpaired) electrons. The lowest BCUT2D eigenvalue weighted by molar-refractivity contribution is -0.130. The first-order chi connectivity index (χ1) is 4.63. The molecular weight excluding hydrogens is 128 g/mol. The third-order valence-electron chi connectivity index (χ3n) is 1.79. The maximum absolute atomic E-state index is 11.1. The maximum atomic E-state index is 11.1. The molecule has 2 unspecified atom stereocenters. The Bertz CT molecular complexity index is 203. The largest absolute Gasteiger partial charge is 0.299 e. The van der Waals surface area contributed by atoms with Gasteiger partial charge in [0.25, 0.3) is 0 Å². The van der Waals surface area contributed by atoms with E-state index < -0.39 is 5.92 Å². The van der Waals surface area contributed by atoms with Gasteiger partial charge in [-0.05, 0) is 6.92 Å². The molecule has 54 valence electrons. The molecule has 0 bridgehead atoms. The van der Waals surface area contributed by atoms with Crippen LogP contribution < -0.4 is 0 Å². The first kappa shape index (κ1) is 7.19. The Morgan fingerprint density at radius 3 is 2.30 bits per heavy atom. The van der Waals surface area contributed by atoms with Gasteiger partial charge in [-0.3, -0.25) is 9.59 Å². The minimum atomic E-state index is -0.449. The van der Waals surface area contributed by atoms with E-state index in [2.05, 4.69) is 0 Å². The molecule has 0 aromatic rings. The second-order valence-corrected chi connectivity index (χ2v) is 2.66. The first-order valence-corrected chi connectivity index (χ1v) is 3.35. The van der Waals surface area contributed by atoms with Crippen molar-refractivity contribution in [2.45, 2.75) is 13.8 Å². The molecule has 0 aliphatic heterocycles. The summed E-state index contributed by atoms with van der Waals surface area (Å²) in [4.78, 5) is 21.8. The van der Waals surface area contributed by atoms with Gasteiger partial charge < -0.3 is 0 Å². The van der Waals surface area contributed by atoms with E-state index >= 15 is 0 Å². The molecule has 1 aliphatic rings. The standard InChI is InChI=1S/C8H10O2/c1-5-3-4-7(6(2)9)8(5)10/h3-5,7H,1-2H3. The molecule has 0 heterocycles. The second-order valence-electron chi connectivity index (χ2n) is 2.66. The first-order valence-electron chi connectivity index (χ1n) is 3.35. The van der Waals surface area contributed by atoms with Crippen molar-refractivity contribution in [1.82, 2.24) is 0 Å². The molecule has 0 spiro atoms. The Balaban J connectivity index is 2.76. The SMILES string of the molecule is CC(=O)C1C=CC(C)C1=O. The van der Waals surface area contributed by atoms with Crippen LogP contribution in [0.3, 0.4) is 0 Å². The number of hydrogen-bond donors (Lipinski definition) is 0. The van der Waals surface area contributed by atoms with Crippen LogP contribution in [0.5, 0.6) is 0 Å². The number of ketones is 2. The van der Waals surface area contributed by atoms with Gasteiger partial charge in [0.05, 0.1) is 5.92 Å². The molecule has 0 N–H and O–H groups in total. The normalized spacial score (nSPS) is 31.2. The molecular formula is C8H10O2. The van der Waals surface area contributed by atoms with Gasteiger partial charge in [0.2, 0.25) is 0 Å². The molecule has 0 aromatic carbocycles. The van der Waals surface area contributed by atoms with E-state index in [1.807, 2.05) is 6.92 Å². The molecule has 10 heavy (non-hydrogen) atoms. The highest BCUT2D eigenvalue weighted by atomic mass is 16.1. The van der Waals surface area contributed by atoms with E-state index in [-0.39, 0.29) is 17.5 Å². The van der Waals surface area contributed by atoms with Crippen molar-refractivity contribution in [2.24, 2.45) is 11.8 Å². The van der Waals surface area contributed by atoms with Crippen LogP contribution in [0.1, 0.15) is 13.8 Å². The Morgan fingerprint density at radius 1 is 1.50 bits per heavy atom. The summed E-state index contributed by atoms with van der Waals surface area (Å²) in [5, 5.41) is 0. The predicted octanol–water partition coefficient (Wildman–Crippen LogP) is 0.967. The molecule has 0 aromatic heterocycles. The third-order valence-corrected chi connectivity index (χ3v) is 1.79. The number of rotatable bonds is 1. The van der Waals surface area contributed by atoms with Crippen LogP contribution in [-0.4, -0.2) is 11.6 Å². The predicted molar refractivity (Wildman–Crippen MR) is 37.5 cm³/mol. The summed E-state index contributed by atoms with van der Waals surface area (Å²) in [6, 6.07) is 0. The number of carbonyl (C=O) groups excluding carboxylic acids is 2. The topological polar surface area (TPSA) is 34.1 Å². The number of Topliss-reactive ketones (excluding diaryl/α,β-unsaturated/α-hetero) is 2. The lowest BCUT2D eigenvalue weighted by Gasteiger charge is -2.01. The average molecular weight is 138 g/mol. The van der Waals surface area contributed by atoms with Gasteiger partial charge in [-0.2, -0.15) is 0 Å². The Morgan fingerprint density at radius 2 is 2.10 bits per heavy atom. The Hall–Kier alpha value is -0.920. The quantitative estimate of drug-likeness (QED) is 0.399. The van der Waals surface area contributed by atoms with Crippen molar-refractivity contribution in [3.05, 3.63) is 12.2 Å². The minimum Gasteiger partial charge on any atom is -0.299 e. The fraction of sp³-hybridized carbons (Fsp3) is 0.500. The van der Waals surface area contributed by atoms with E-state index in [9.17, 15) is 9.59 Å². The molecule has 0 saturated carbocycles. The number of carbonyl (C=O) groups is 2. The van der Waals surface area contributed by atoms with Gasteiger partial charge in [-0.15, -0.1) is 0 Å². The summed E-state index contributed by atoms with van der Waals surface area (Å²) in [7, 11) is 0. The van der Waals surface area contributed by atoms with Crippen LogP contribution in [-0.2, 0) is 9.59 Å². The van der Waals surface area contributed by atoms with Crippen LogP contribution >= 0.6 is 0 Å². The van der Waals surface area contributed by atoms with Crippen molar-refractivity contribution in [2.75, 3.05) is 0 Å². The molecule has 2 atom stereocenters. The van der Waals surface area contributed by atoms with Crippen LogP contribution in [0.2, 0.25) is 0 Å². The maximum Gasteiger partial charge on any atom is 0.153 e. The summed E-state index contributed by atoms with van der Waals surface area (Å²) >= 11 is 0. The molecule has 2 heteroatoms.